The lowest BCUT2D eigenvalue weighted by molar-refractivity contribution is -0.137. The number of likely N-dealkylation sites (tertiary alicyclic amines) is 1. The predicted molar refractivity (Wildman–Crippen MR) is 82.6 cm³/mol. The number of nitrogens with zero attached hydrogens (tertiary/aromatic N) is 1. The van der Waals surface area contributed by atoms with E-state index in [1.54, 1.807) is 14.0 Å². The number of hydrogen-bond donors (Lipinski definition) is 0. The van der Waals surface area contributed by atoms with E-state index in [-0.39, 0.29) is 12.0 Å². The molecule has 0 aromatic heterocycles. The van der Waals surface area contributed by atoms with Gasteiger partial charge in [0, 0.05) is 20.2 Å². The molecule has 0 saturated carbocycles. The molecule has 4 nitrogen and oxygen atoms in total. The molecule has 2 rings (SSSR count). The summed E-state index contributed by atoms with van der Waals surface area (Å²) < 4.78 is 11.1. The fraction of sp³-hybridized carbons (Fsp3) is 0.588. The molecule has 2 unspecified atom stereocenters. The Morgan fingerprint density at radius 2 is 1.90 bits per heavy atom. The second-order valence-electron chi connectivity index (χ2n) is 5.91. The van der Waals surface area contributed by atoms with Gasteiger partial charge in [-0.2, -0.15) is 0 Å². The number of hydrogen-bond acceptors (Lipinski definition) is 3. The van der Waals surface area contributed by atoms with Crippen molar-refractivity contribution in [2.24, 2.45) is 0 Å². The van der Waals surface area contributed by atoms with Crippen molar-refractivity contribution >= 4 is 5.91 Å². The molecule has 4 heteroatoms. The monoisotopic (exact) mass is 291 g/mol. The number of carbonyl (C=O) groups excluding carboxylic acids is 1. The largest absolute Gasteiger partial charge is 0.481 e. The van der Waals surface area contributed by atoms with E-state index >= 15 is 0 Å². The SMILES string of the molecule is COC1CCN(C(=O)C(C)Oc2ccc(C(C)C)cc2)C1. The molecule has 21 heavy (non-hydrogen) atoms. The average Bonchev–Trinajstić information content (AvgIpc) is 2.95. The fourth-order valence-corrected chi connectivity index (χ4v) is 2.56. The molecule has 1 fully saturated rings. The van der Waals surface area contributed by atoms with Crippen LogP contribution in [0.1, 0.15) is 38.7 Å². The molecule has 0 radical (unpaired) electrons. The quantitative estimate of drug-likeness (QED) is 0.837. The molecule has 0 N–H and O–H groups in total. The Hall–Kier alpha value is -1.55. The molecule has 1 heterocycles. The highest BCUT2D eigenvalue weighted by molar-refractivity contribution is 5.81. The van der Waals surface area contributed by atoms with Crippen molar-refractivity contribution in [2.45, 2.75) is 45.3 Å². The van der Waals surface area contributed by atoms with Gasteiger partial charge in [0.15, 0.2) is 6.10 Å². The first-order chi connectivity index (χ1) is 10.0. The summed E-state index contributed by atoms with van der Waals surface area (Å²) in [6.45, 7) is 7.52. The molecule has 0 bridgehead atoms. The molecule has 116 valence electrons. The Morgan fingerprint density at radius 1 is 1.24 bits per heavy atom. The summed E-state index contributed by atoms with van der Waals surface area (Å²) in [5, 5.41) is 0. The molecule has 0 aliphatic carbocycles. The summed E-state index contributed by atoms with van der Waals surface area (Å²) in [4.78, 5) is 14.2. The summed E-state index contributed by atoms with van der Waals surface area (Å²) in [5.74, 6) is 1.26. The highest BCUT2D eigenvalue weighted by Gasteiger charge is 2.29. The molecule has 1 aliphatic rings. The zero-order valence-corrected chi connectivity index (χ0v) is 13.3. The Labute approximate surface area is 127 Å². The van der Waals surface area contributed by atoms with Crippen LogP contribution in [-0.4, -0.2) is 43.2 Å². The van der Waals surface area contributed by atoms with Crippen molar-refractivity contribution in [2.75, 3.05) is 20.2 Å². The van der Waals surface area contributed by atoms with Gasteiger partial charge in [0.25, 0.3) is 5.91 Å². The van der Waals surface area contributed by atoms with E-state index in [0.717, 1.165) is 18.7 Å². The van der Waals surface area contributed by atoms with Crippen LogP contribution in [0.15, 0.2) is 24.3 Å². The second-order valence-corrected chi connectivity index (χ2v) is 5.91. The molecule has 0 spiro atoms. The van der Waals surface area contributed by atoms with Crippen molar-refractivity contribution in [1.29, 1.82) is 0 Å². The minimum absolute atomic E-state index is 0.0301. The topological polar surface area (TPSA) is 38.8 Å². The lowest BCUT2D eigenvalue weighted by Gasteiger charge is -2.21. The summed E-state index contributed by atoms with van der Waals surface area (Å²) in [6, 6.07) is 7.96. The maximum Gasteiger partial charge on any atom is 0.263 e. The Morgan fingerprint density at radius 3 is 2.43 bits per heavy atom. The van der Waals surface area contributed by atoms with Gasteiger partial charge in [-0.05, 0) is 37.0 Å². The van der Waals surface area contributed by atoms with E-state index in [9.17, 15) is 4.79 Å². The Kier molecular flexibility index (Phi) is 5.23. The lowest BCUT2D eigenvalue weighted by Crippen LogP contribution is -2.39. The van der Waals surface area contributed by atoms with Gasteiger partial charge < -0.3 is 14.4 Å². The van der Waals surface area contributed by atoms with Crippen LogP contribution in [0.3, 0.4) is 0 Å². The van der Waals surface area contributed by atoms with Crippen molar-refractivity contribution in [3.05, 3.63) is 29.8 Å². The van der Waals surface area contributed by atoms with Crippen molar-refractivity contribution < 1.29 is 14.3 Å². The van der Waals surface area contributed by atoms with Crippen LogP contribution in [0.25, 0.3) is 0 Å². The summed E-state index contributed by atoms with van der Waals surface area (Å²) in [6.07, 6.45) is 0.592. The van der Waals surface area contributed by atoms with Crippen LogP contribution in [0.5, 0.6) is 5.75 Å². The minimum atomic E-state index is -0.467. The highest BCUT2D eigenvalue weighted by Crippen LogP contribution is 2.20. The molecule has 1 aromatic rings. The average molecular weight is 291 g/mol. The van der Waals surface area contributed by atoms with Gasteiger partial charge in [-0.1, -0.05) is 26.0 Å². The number of carbonyl (C=O) groups is 1. The van der Waals surface area contributed by atoms with Crippen LogP contribution in [0.2, 0.25) is 0 Å². The van der Waals surface area contributed by atoms with Crippen LogP contribution in [0.4, 0.5) is 0 Å². The van der Waals surface area contributed by atoms with Crippen LogP contribution in [-0.2, 0) is 9.53 Å². The normalized spacial score (nSPS) is 19.9. The zero-order valence-electron chi connectivity index (χ0n) is 13.3. The predicted octanol–water partition coefficient (Wildman–Crippen LogP) is 2.82. The highest BCUT2D eigenvalue weighted by atomic mass is 16.5. The van der Waals surface area contributed by atoms with E-state index < -0.39 is 6.10 Å². The van der Waals surface area contributed by atoms with Crippen LogP contribution < -0.4 is 4.74 Å². The molecule has 1 saturated heterocycles. The van der Waals surface area contributed by atoms with E-state index in [1.807, 2.05) is 29.2 Å². The van der Waals surface area contributed by atoms with E-state index in [4.69, 9.17) is 9.47 Å². The third-order valence-electron chi connectivity index (χ3n) is 4.00. The molecular weight excluding hydrogens is 266 g/mol. The maximum absolute atomic E-state index is 12.3. The van der Waals surface area contributed by atoms with E-state index in [0.29, 0.717) is 12.5 Å². The summed E-state index contributed by atoms with van der Waals surface area (Å²) in [7, 11) is 1.69. The van der Waals surface area contributed by atoms with Gasteiger partial charge in [0.2, 0.25) is 0 Å². The van der Waals surface area contributed by atoms with E-state index in [2.05, 4.69) is 13.8 Å². The first kappa shape index (κ1) is 15.8. The molecule has 2 atom stereocenters. The number of ether oxygens (including phenoxy) is 2. The zero-order chi connectivity index (χ0) is 15.4. The van der Waals surface area contributed by atoms with Gasteiger partial charge in [0.05, 0.1) is 6.10 Å². The number of amides is 1. The number of rotatable bonds is 5. The fourth-order valence-electron chi connectivity index (χ4n) is 2.56. The smallest absolute Gasteiger partial charge is 0.263 e. The van der Waals surface area contributed by atoms with Gasteiger partial charge in [-0.15, -0.1) is 0 Å². The third-order valence-corrected chi connectivity index (χ3v) is 4.00. The van der Waals surface area contributed by atoms with Gasteiger partial charge in [0.1, 0.15) is 5.75 Å². The standard InChI is InChI=1S/C17H25NO3/c1-12(2)14-5-7-15(8-6-14)21-13(3)17(19)18-10-9-16(11-18)20-4/h5-8,12-13,16H,9-11H2,1-4H3. The third kappa shape index (κ3) is 3.97. The summed E-state index contributed by atoms with van der Waals surface area (Å²) in [5.41, 5.74) is 1.27. The molecule has 1 aliphatic heterocycles. The lowest BCUT2D eigenvalue weighted by atomic mass is 10.0. The second kappa shape index (κ2) is 6.94. The molecule has 1 aromatic carbocycles. The number of methoxy groups -OCH3 is 1. The Balaban J connectivity index is 1.91. The van der Waals surface area contributed by atoms with Crippen molar-refractivity contribution in [3.8, 4) is 5.75 Å². The van der Waals surface area contributed by atoms with Gasteiger partial charge in [-0.3, -0.25) is 4.79 Å². The summed E-state index contributed by atoms with van der Waals surface area (Å²) >= 11 is 0. The van der Waals surface area contributed by atoms with Gasteiger partial charge >= 0.3 is 0 Å². The molecular formula is C17H25NO3. The van der Waals surface area contributed by atoms with Crippen LogP contribution in [0, 0.1) is 0 Å². The minimum Gasteiger partial charge on any atom is -0.481 e. The first-order valence-corrected chi connectivity index (χ1v) is 7.59. The van der Waals surface area contributed by atoms with Crippen LogP contribution >= 0.6 is 0 Å². The molecule has 1 amide bonds. The Bertz CT molecular complexity index is 469. The van der Waals surface area contributed by atoms with Gasteiger partial charge in [-0.25, -0.2) is 0 Å². The first-order valence-electron chi connectivity index (χ1n) is 7.59. The van der Waals surface area contributed by atoms with E-state index in [1.165, 1.54) is 5.56 Å². The van der Waals surface area contributed by atoms with Crippen molar-refractivity contribution in [3.63, 3.8) is 0 Å². The maximum atomic E-state index is 12.3. The van der Waals surface area contributed by atoms with Crippen molar-refractivity contribution in [1.82, 2.24) is 4.90 Å². The number of benzene rings is 1.